The summed E-state index contributed by atoms with van der Waals surface area (Å²) in [5, 5.41) is 18.7. The molecule has 0 spiro atoms. The molecule has 15 heavy (non-hydrogen) atoms. The van der Waals surface area contributed by atoms with Crippen molar-refractivity contribution >= 4 is 11.8 Å². The number of ether oxygens (including phenoxy) is 1. The average Bonchev–Trinajstić information content (AvgIpc) is 2.26. The number of nitro benzene ring substituents is 1. The molecule has 0 fully saturated rings. The Morgan fingerprint density at radius 2 is 2.20 bits per heavy atom. The van der Waals surface area contributed by atoms with E-state index in [2.05, 4.69) is 4.74 Å². The quantitative estimate of drug-likeness (QED) is 0.445. The van der Waals surface area contributed by atoms with Gasteiger partial charge in [0.25, 0.3) is 5.69 Å². The first kappa shape index (κ1) is 10.9. The van der Waals surface area contributed by atoms with Crippen molar-refractivity contribution in [2.75, 3.05) is 0 Å². The van der Waals surface area contributed by atoms with Crippen LogP contribution in [-0.4, -0.2) is 16.2 Å². The van der Waals surface area contributed by atoms with Gasteiger partial charge in [-0.1, -0.05) is 12.1 Å². The van der Waals surface area contributed by atoms with Crippen LogP contribution in [0.1, 0.15) is 5.56 Å². The van der Waals surface area contributed by atoms with E-state index in [-0.39, 0.29) is 17.9 Å². The lowest BCUT2D eigenvalue weighted by Crippen LogP contribution is -2.19. The van der Waals surface area contributed by atoms with E-state index >= 15 is 0 Å². The Labute approximate surface area is 84.4 Å². The van der Waals surface area contributed by atoms with E-state index < -0.39 is 11.0 Å². The molecule has 2 N–H and O–H groups in total. The van der Waals surface area contributed by atoms with Crippen LogP contribution in [0, 0.1) is 10.1 Å². The molecule has 0 aromatic heterocycles. The van der Waals surface area contributed by atoms with Crippen LogP contribution in [0.25, 0.3) is 0 Å². The van der Waals surface area contributed by atoms with E-state index in [1.54, 1.807) is 6.07 Å². The average molecular weight is 212 g/mol. The molecule has 1 aromatic rings. The number of carbonyl (C=O) groups is 1. The molecule has 80 valence electrons. The lowest BCUT2D eigenvalue weighted by molar-refractivity contribution is -0.385. The lowest BCUT2D eigenvalue weighted by Gasteiger charge is -2.03. The van der Waals surface area contributed by atoms with Crippen LogP contribution in [0.5, 0.6) is 0 Å². The van der Waals surface area contributed by atoms with E-state index in [4.69, 9.17) is 5.21 Å². The third kappa shape index (κ3) is 2.92. The zero-order chi connectivity index (χ0) is 11.3. The van der Waals surface area contributed by atoms with Crippen molar-refractivity contribution in [3.63, 3.8) is 0 Å². The molecule has 0 aliphatic carbocycles. The van der Waals surface area contributed by atoms with Crippen molar-refractivity contribution in [1.29, 1.82) is 0 Å². The minimum atomic E-state index is -1.06. The van der Waals surface area contributed by atoms with Gasteiger partial charge in [-0.3, -0.25) is 15.3 Å². The van der Waals surface area contributed by atoms with Crippen LogP contribution in [0.4, 0.5) is 10.5 Å². The van der Waals surface area contributed by atoms with E-state index in [0.29, 0.717) is 0 Å². The maximum absolute atomic E-state index is 10.5. The first-order valence-corrected chi connectivity index (χ1v) is 3.94. The Kier molecular flexibility index (Phi) is 3.58. The molecule has 0 aliphatic heterocycles. The highest BCUT2D eigenvalue weighted by Crippen LogP contribution is 2.18. The third-order valence-corrected chi connectivity index (χ3v) is 1.64. The standard InChI is InChI=1S/C8H8N2O5/c11-8(9-12)15-5-6-3-1-2-4-7(6)10(13)14/h1-4,12H,5H2,(H,9,11). The molecule has 0 saturated heterocycles. The van der Waals surface area contributed by atoms with Crippen LogP contribution >= 0.6 is 0 Å². The maximum atomic E-state index is 10.5. The number of amides is 1. The van der Waals surface area contributed by atoms with Gasteiger partial charge in [-0.25, -0.2) is 10.3 Å². The molecule has 1 rings (SSSR count). The van der Waals surface area contributed by atoms with Gasteiger partial charge in [-0.05, 0) is 6.07 Å². The predicted molar refractivity (Wildman–Crippen MR) is 48.2 cm³/mol. The summed E-state index contributed by atoms with van der Waals surface area (Å²) in [5.41, 5.74) is 1.37. The monoisotopic (exact) mass is 212 g/mol. The Morgan fingerprint density at radius 3 is 2.80 bits per heavy atom. The van der Waals surface area contributed by atoms with Crippen molar-refractivity contribution in [3.8, 4) is 0 Å². The van der Waals surface area contributed by atoms with Gasteiger partial charge in [-0.15, -0.1) is 0 Å². The molecule has 0 radical (unpaired) electrons. The summed E-state index contributed by atoms with van der Waals surface area (Å²) in [7, 11) is 0. The zero-order valence-electron chi connectivity index (χ0n) is 7.54. The Hall–Kier alpha value is -2.15. The van der Waals surface area contributed by atoms with Gasteiger partial charge < -0.3 is 4.74 Å². The smallest absolute Gasteiger partial charge is 0.431 e. The number of nitrogens with one attached hydrogen (secondary N) is 1. The molecule has 0 bridgehead atoms. The van der Waals surface area contributed by atoms with Crippen molar-refractivity contribution in [1.82, 2.24) is 5.48 Å². The molecular weight excluding hydrogens is 204 g/mol. The molecule has 0 heterocycles. The first-order chi connectivity index (χ1) is 7.15. The van der Waals surface area contributed by atoms with Crippen LogP contribution in [-0.2, 0) is 11.3 Å². The summed E-state index contributed by atoms with van der Waals surface area (Å²) in [5.74, 6) is 0. The van der Waals surface area contributed by atoms with Gasteiger partial charge in [0.05, 0.1) is 10.5 Å². The van der Waals surface area contributed by atoms with Crippen molar-refractivity contribution in [3.05, 3.63) is 39.9 Å². The summed E-state index contributed by atoms with van der Waals surface area (Å²) < 4.78 is 4.46. The fourth-order valence-electron chi connectivity index (χ4n) is 0.987. The van der Waals surface area contributed by atoms with Gasteiger partial charge in [0.15, 0.2) is 0 Å². The summed E-state index contributed by atoms with van der Waals surface area (Å²) in [6, 6.07) is 5.86. The highest BCUT2D eigenvalue weighted by atomic mass is 16.6. The van der Waals surface area contributed by atoms with Crippen LogP contribution in [0.3, 0.4) is 0 Å². The minimum absolute atomic E-state index is 0.136. The highest BCUT2D eigenvalue weighted by Gasteiger charge is 2.13. The van der Waals surface area contributed by atoms with Gasteiger partial charge in [0, 0.05) is 6.07 Å². The Morgan fingerprint density at radius 1 is 1.53 bits per heavy atom. The molecule has 0 aliphatic rings. The van der Waals surface area contributed by atoms with Gasteiger partial charge in [0.1, 0.15) is 6.61 Å². The molecule has 1 aromatic carbocycles. The Balaban J connectivity index is 2.76. The summed E-state index contributed by atoms with van der Waals surface area (Å²) in [4.78, 5) is 20.5. The van der Waals surface area contributed by atoms with Crippen LogP contribution in [0.15, 0.2) is 24.3 Å². The fraction of sp³-hybridized carbons (Fsp3) is 0.125. The number of nitro groups is 1. The summed E-state index contributed by atoms with van der Waals surface area (Å²) in [6.45, 7) is -0.274. The van der Waals surface area contributed by atoms with E-state index in [9.17, 15) is 14.9 Å². The van der Waals surface area contributed by atoms with E-state index in [1.165, 1.54) is 23.7 Å². The fourth-order valence-corrected chi connectivity index (χ4v) is 0.987. The minimum Gasteiger partial charge on any atom is -0.443 e. The van der Waals surface area contributed by atoms with E-state index in [1.807, 2.05) is 0 Å². The first-order valence-electron chi connectivity index (χ1n) is 3.94. The topological polar surface area (TPSA) is 102 Å². The number of nitrogens with zero attached hydrogens (tertiary/aromatic N) is 1. The molecule has 7 nitrogen and oxygen atoms in total. The zero-order valence-corrected chi connectivity index (χ0v) is 7.54. The second-order valence-electron chi connectivity index (χ2n) is 2.57. The third-order valence-electron chi connectivity index (χ3n) is 1.64. The summed E-state index contributed by atoms with van der Waals surface area (Å²) >= 11 is 0. The molecule has 1 amide bonds. The van der Waals surface area contributed by atoms with Crippen LogP contribution in [0.2, 0.25) is 0 Å². The van der Waals surface area contributed by atoms with Crippen molar-refractivity contribution in [2.24, 2.45) is 0 Å². The SMILES string of the molecule is O=C(NO)OCc1ccccc1[N+](=O)[O-]. The molecule has 0 saturated carbocycles. The number of hydrogen-bond donors (Lipinski definition) is 2. The normalized spacial score (nSPS) is 9.40. The molecule has 0 unspecified atom stereocenters. The second kappa shape index (κ2) is 4.91. The van der Waals surface area contributed by atoms with Crippen molar-refractivity contribution in [2.45, 2.75) is 6.61 Å². The highest BCUT2D eigenvalue weighted by molar-refractivity contribution is 5.65. The number of carbonyl (C=O) groups excluding carboxylic acids is 1. The second-order valence-corrected chi connectivity index (χ2v) is 2.57. The number of benzene rings is 1. The van der Waals surface area contributed by atoms with Gasteiger partial charge in [-0.2, -0.15) is 0 Å². The van der Waals surface area contributed by atoms with Gasteiger partial charge >= 0.3 is 6.09 Å². The largest absolute Gasteiger partial charge is 0.443 e. The molecular formula is C8H8N2O5. The number of para-hydroxylation sites is 1. The predicted octanol–water partition coefficient (Wildman–Crippen LogP) is 1.21. The molecule has 7 heteroatoms. The lowest BCUT2D eigenvalue weighted by atomic mass is 10.2. The molecule has 0 atom stereocenters. The number of hydrogen-bond acceptors (Lipinski definition) is 5. The summed E-state index contributed by atoms with van der Waals surface area (Å²) in [6.07, 6.45) is -1.06. The number of rotatable bonds is 3. The number of hydroxylamine groups is 1. The van der Waals surface area contributed by atoms with E-state index in [0.717, 1.165) is 0 Å². The van der Waals surface area contributed by atoms with Gasteiger partial charge in [0.2, 0.25) is 0 Å². The van der Waals surface area contributed by atoms with Crippen LogP contribution < -0.4 is 5.48 Å². The van der Waals surface area contributed by atoms with Crippen molar-refractivity contribution < 1.29 is 19.7 Å². The maximum Gasteiger partial charge on any atom is 0.431 e. The Bertz CT molecular complexity index is 379.